The van der Waals surface area contributed by atoms with E-state index in [-0.39, 0.29) is 18.5 Å². The molecule has 0 aliphatic heterocycles. The average molecular weight is 448 g/mol. The maximum Gasteiger partial charge on any atom is 0.315 e. The van der Waals surface area contributed by atoms with Gasteiger partial charge in [0.1, 0.15) is 17.1 Å². The Balaban J connectivity index is 1.92. The number of nitrogens with one attached hydrogen (secondary N) is 1. The van der Waals surface area contributed by atoms with Crippen LogP contribution in [0.5, 0.6) is 0 Å². The standard InChI is InChI=1S/C25H26FN5O2/c1-6-16(25(32)33-8-3)21(7-2)31-13-20(14(4)5)19-12-29-23(30-24(19)31)18-11-28-22-17(18)9-15(26)10-27-22/h6-7,9-14,16,21H,1-2,8H2,3-5H3,(H,27,28)/t16-,21-/m1/s1. The molecule has 0 bridgehead atoms. The number of carbonyl (C=O) groups is 1. The fraction of sp³-hybridized carbons (Fsp3) is 0.280. The Morgan fingerprint density at radius 3 is 2.70 bits per heavy atom. The molecule has 0 aliphatic carbocycles. The van der Waals surface area contributed by atoms with Gasteiger partial charge in [-0.3, -0.25) is 4.79 Å². The van der Waals surface area contributed by atoms with Gasteiger partial charge in [0.05, 0.1) is 24.8 Å². The fourth-order valence-corrected chi connectivity index (χ4v) is 4.08. The second-order valence-electron chi connectivity index (χ2n) is 8.07. The van der Waals surface area contributed by atoms with Crippen LogP contribution >= 0.6 is 0 Å². The average Bonchev–Trinajstić information content (AvgIpc) is 3.38. The van der Waals surface area contributed by atoms with Gasteiger partial charge in [-0.25, -0.2) is 19.3 Å². The van der Waals surface area contributed by atoms with Gasteiger partial charge in [-0.15, -0.1) is 13.2 Å². The highest BCUT2D eigenvalue weighted by atomic mass is 19.1. The van der Waals surface area contributed by atoms with Crippen molar-refractivity contribution in [1.82, 2.24) is 24.5 Å². The smallest absolute Gasteiger partial charge is 0.315 e. The summed E-state index contributed by atoms with van der Waals surface area (Å²) in [4.78, 5) is 29.1. The van der Waals surface area contributed by atoms with Crippen LogP contribution in [-0.2, 0) is 9.53 Å². The number of fused-ring (bicyclic) bond motifs is 2. The summed E-state index contributed by atoms with van der Waals surface area (Å²) in [5.74, 6) is -0.833. The summed E-state index contributed by atoms with van der Waals surface area (Å²) in [7, 11) is 0. The molecule has 0 spiro atoms. The molecule has 7 nitrogen and oxygen atoms in total. The first-order valence-corrected chi connectivity index (χ1v) is 10.8. The van der Waals surface area contributed by atoms with Crippen LogP contribution in [0.25, 0.3) is 33.5 Å². The number of aromatic nitrogens is 5. The van der Waals surface area contributed by atoms with Gasteiger partial charge < -0.3 is 14.3 Å². The molecule has 2 atom stereocenters. The van der Waals surface area contributed by atoms with Crippen LogP contribution in [0.1, 0.15) is 38.3 Å². The number of rotatable bonds is 8. The van der Waals surface area contributed by atoms with Gasteiger partial charge in [-0.05, 0) is 24.5 Å². The predicted octanol–water partition coefficient (Wildman–Crippen LogP) is 5.33. The molecule has 33 heavy (non-hydrogen) atoms. The van der Waals surface area contributed by atoms with Gasteiger partial charge in [0.15, 0.2) is 5.82 Å². The zero-order chi connectivity index (χ0) is 23.7. The summed E-state index contributed by atoms with van der Waals surface area (Å²) in [6.07, 6.45) is 9.88. The van der Waals surface area contributed by atoms with E-state index in [0.29, 0.717) is 28.1 Å². The first-order chi connectivity index (χ1) is 15.9. The van der Waals surface area contributed by atoms with Crippen molar-refractivity contribution in [3.8, 4) is 11.4 Å². The van der Waals surface area contributed by atoms with E-state index in [0.717, 1.165) is 17.1 Å². The number of hydrogen-bond donors (Lipinski definition) is 1. The van der Waals surface area contributed by atoms with Gasteiger partial charge in [0, 0.05) is 34.9 Å². The van der Waals surface area contributed by atoms with Crippen LogP contribution in [0.15, 0.2) is 56.2 Å². The number of allylic oxidation sites excluding steroid dienone is 1. The number of H-pyrrole nitrogens is 1. The normalized spacial score (nSPS) is 13.4. The van der Waals surface area contributed by atoms with Gasteiger partial charge >= 0.3 is 5.97 Å². The zero-order valence-corrected chi connectivity index (χ0v) is 18.9. The lowest BCUT2D eigenvalue weighted by molar-refractivity contribution is -0.147. The Kier molecular flexibility index (Phi) is 6.09. The van der Waals surface area contributed by atoms with Gasteiger partial charge in [-0.2, -0.15) is 0 Å². The molecular weight excluding hydrogens is 421 g/mol. The topological polar surface area (TPSA) is 85.7 Å². The lowest BCUT2D eigenvalue weighted by Crippen LogP contribution is -2.25. The first kappa shape index (κ1) is 22.4. The van der Waals surface area contributed by atoms with Crippen molar-refractivity contribution in [2.45, 2.75) is 32.7 Å². The Morgan fingerprint density at radius 1 is 1.24 bits per heavy atom. The van der Waals surface area contributed by atoms with E-state index in [9.17, 15) is 9.18 Å². The molecular formula is C25H26FN5O2. The number of pyridine rings is 1. The molecule has 8 heteroatoms. The molecule has 0 aliphatic rings. The lowest BCUT2D eigenvalue weighted by atomic mass is 9.99. The summed E-state index contributed by atoms with van der Waals surface area (Å²) < 4.78 is 21.0. The zero-order valence-electron chi connectivity index (χ0n) is 18.9. The van der Waals surface area contributed by atoms with Crippen molar-refractivity contribution in [3.63, 3.8) is 0 Å². The van der Waals surface area contributed by atoms with Crippen LogP contribution in [0, 0.1) is 11.7 Å². The highest BCUT2D eigenvalue weighted by molar-refractivity contribution is 5.93. The van der Waals surface area contributed by atoms with Crippen LogP contribution in [-0.4, -0.2) is 37.1 Å². The lowest BCUT2D eigenvalue weighted by Gasteiger charge is -2.22. The molecule has 0 unspecified atom stereocenters. The maximum atomic E-state index is 13.9. The highest BCUT2D eigenvalue weighted by Gasteiger charge is 2.29. The van der Waals surface area contributed by atoms with Gasteiger partial charge in [0.25, 0.3) is 0 Å². The maximum absolute atomic E-state index is 13.9. The largest absolute Gasteiger partial charge is 0.465 e. The van der Waals surface area contributed by atoms with E-state index in [1.165, 1.54) is 6.07 Å². The summed E-state index contributed by atoms with van der Waals surface area (Å²) in [5.41, 5.74) is 2.87. The van der Waals surface area contributed by atoms with Crippen molar-refractivity contribution in [3.05, 3.63) is 67.5 Å². The predicted molar refractivity (Wildman–Crippen MR) is 126 cm³/mol. The van der Waals surface area contributed by atoms with Crippen molar-refractivity contribution in [1.29, 1.82) is 0 Å². The highest BCUT2D eigenvalue weighted by Crippen LogP contribution is 2.34. The number of esters is 1. The molecule has 0 fully saturated rings. The molecule has 170 valence electrons. The summed E-state index contributed by atoms with van der Waals surface area (Å²) in [5, 5.41) is 1.46. The number of aromatic amines is 1. The molecule has 1 N–H and O–H groups in total. The Bertz CT molecular complexity index is 1350. The minimum atomic E-state index is -0.636. The molecule has 4 aromatic rings. The summed E-state index contributed by atoms with van der Waals surface area (Å²) >= 11 is 0. The first-order valence-electron chi connectivity index (χ1n) is 10.8. The number of carbonyl (C=O) groups excluding carboxylic acids is 1. The van der Waals surface area contributed by atoms with E-state index in [1.54, 1.807) is 31.5 Å². The monoisotopic (exact) mass is 447 g/mol. The molecule has 4 aromatic heterocycles. The molecule has 4 heterocycles. The van der Waals surface area contributed by atoms with Crippen LogP contribution in [0.3, 0.4) is 0 Å². The Labute approximate surface area is 191 Å². The third-order valence-electron chi connectivity index (χ3n) is 5.71. The number of nitrogens with zero attached hydrogens (tertiary/aromatic N) is 4. The molecule has 0 radical (unpaired) electrons. The minimum absolute atomic E-state index is 0.199. The number of hydrogen-bond acceptors (Lipinski definition) is 5. The van der Waals surface area contributed by atoms with Gasteiger partial charge in [0.2, 0.25) is 0 Å². The Hall–Kier alpha value is -3.81. The minimum Gasteiger partial charge on any atom is -0.465 e. The van der Waals surface area contributed by atoms with Crippen molar-refractivity contribution in [2.24, 2.45) is 5.92 Å². The van der Waals surface area contributed by atoms with E-state index in [2.05, 4.69) is 42.0 Å². The second kappa shape index (κ2) is 8.97. The van der Waals surface area contributed by atoms with E-state index >= 15 is 0 Å². The van der Waals surface area contributed by atoms with Crippen LogP contribution in [0.2, 0.25) is 0 Å². The molecule has 0 amide bonds. The number of ether oxygens (including phenoxy) is 1. The quantitative estimate of drug-likeness (QED) is 0.291. The van der Waals surface area contributed by atoms with E-state index in [4.69, 9.17) is 9.72 Å². The van der Waals surface area contributed by atoms with Crippen molar-refractivity contribution < 1.29 is 13.9 Å². The number of halogens is 1. The molecule has 0 saturated heterocycles. The van der Waals surface area contributed by atoms with Crippen LogP contribution in [0.4, 0.5) is 4.39 Å². The summed E-state index contributed by atoms with van der Waals surface area (Å²) in [6, 6.07) is 0.947. The molecule has 4 rings (SSSR count). The Morgan fingerprint density at radius 2 is 2.03 bits per heavy atom. The van der Waals surface area contributed by atoms with Crippen molar-refractivity contribution >= 4 is 28.0 Å². The third kappa shape index (κ3) is 3.92. The SMILES string of the molecule is C=C[C@H]([C@@H](C=C)C(=O)OCC)n1cc(C(C)C)c2cnc(-c3c[nH]c4ncc(F)cc34)nc21. The van der Waals surface area contributed by atoms with Gasteiger partial charge in [-0.1, -0.05) is 26.0 Å². The van der Waals surface area contributed by atoms with E-state index in [1.807, 2.05) is 10.8 Å². The third-order valence-corrected chi connectivity index (χ3v) is 5.71. The summed E-state index contributed by atoms with van der Waals surface area (Å²) in [6.45, 7) is 14.0. The fourth-order valence-electron chi connectivity index (χ4n) is 4.08. The second-order valence-corrected chi connectivity index (χ2v) is 8.07. The molecule has 0 saturated carbocycles. The van der Waals surface area contributed by atoms with Crippen LogP contribution < -0.4 is 0 Å². The van der Waals surface area contributed by atoms with E-state index < -0.39 is 17.8 Å². The molecule has 0 aromatic carbocycles. The van der Waals surface area contributed by atoms with Crippen molar-refractivity contribution in [2.75, 3.05) is 6.61 Å².